The highest BCUT2D eigenvalue weighted by Gasteiger charge is 2.13. The highest BCUT2D eigenvalue weighted by Crippen LogP contribution is 2.14. The normalized spacial score (nSPS) is 11.1. The van der Waals surface area contributed by atoms with Gasteiger partial charge in [0, 0.05) is 31.3 Å². The number of benzene rings is 2. The molecule has 5 heteroatoms. The maximum Gasteiger partial charge on any atom is 0.246 e. The molecule has 0 aliphatic carbocycles. The first-order valence-corrected chi connectivity index (χ1v) is 9.07. The molecule has 0 saturated carbocycles. The summed E-state index contributed by atoms with van der Waals surface area (Å²) in [7, 11) is 3.89. The van der Waals surface area contributed by atoms with Crippen molar-refractivity contribution in [2.45, 2.75) is 13.5 Å². The van der Waals surface area contributed by atoms with E-state index in [9.17, 15) is 9.18 Å². The van der Waals surface area contributed by atoms with E-state index >= 15 is 0 Å². The third-order valence-corrected chi connectivity index (χ3v) is 4.06. The minimum Gasteiger partial charge on any atom is -0.494 e. The molecule has 0 atom stereocenters. The highest BCUT2D eigenvalue weighted by atomic mass is 19.1. The van der Waals surface area contributed by atoms with Crippen LogP contribution in [0.4, 0.5) is 4.39 Å². The molecule has 0 spiro atoms. The highest BCUT2D eigenvalue weighted by molar-refractivity contribution is 5.91. The standard InChI is InChI=1S/C22H27FN2O2/c1-4-27-20-12-9-18(10-13-20)11-14-22(26)25(16-15-24(2)3)17-19-7-5-6-8-21(19)23/h5-14H,4,15-17H2,1-3H3/b14-11+. The van der Waals surface area contributed by atoms with Gasteiger partial charge in [0.25, 0.3) is 0 Å². The van der Waals surface area contributed by atoms with Crippen molar-refractivity contribution >= 4 is 12.0 Å². The summed E-state index contributed by atoms with van der Waals surface area (Å²) in [4.78, 5) is 16.3. The van der Waals surface area contributed by atoms with Crippen molar-refractivity contribution in [1.29, 1.82) is 0 Å². The van der Waals surface area contributed by atoms with Crippen LogP contribution in [-0.2, 0) is 11.3 Å². The Hall–Kier alpha value is -2.66. The number of rotatable bonds is 9. The van der Waals surface area contributed by atoms with Crippen LogP contribution < -0.4 is 4.74 Å². The topological polar surface area (TPSA) is 32.8 Å². The first-order chi connectivity index (χ1) is 13.0. The summed E-state index contributed by atoms with van der Waals surface area (Å²) in [5, 5.41) is 0. The Morgan fingerprint density at radius 3 is 2.41 bits per heavy atom. The van der Waals surface area contributed by atoms with E-state index in [1.165, 1.54) is 12.1 Å². The van der Waals surface area contributed by atoms with Crippen LogP contribution in [-0.4, -0.2) is 49.5 Å². The van der Waals surface area contributed by atoms with Crippen molar-refractivity contribution in [2.75, 3.05) is 33.8 Å². The van der Waals surface area contributed by atoms with E-state index < -0.39 is 0 Å². The van der Waals surface area contributed by atoms with Gasteiger partial charge in [-0.1, -0.05) is 30.3 Å². The smallest absolute Gasteiger partial charge is 0.246 e. The van der Waals surface area contributed by atoms with Crippen molar-refractivity contribution in [1.82, 2.24) is 9.80 Å². The lowest BCUT2D eigenvalue weighted by molar-refractivity contribution is -0.126. The summed E-state index contributed by atoms with van der Waals surface area (Å²) in [5.41, 5.74) is 1.42. The maximum atomic E-state index is 14.0. The van der Waals surface area contributed by atoms with Gasteiger partial charge in [-0.2, -0.15) is 0 Å². The van der Waals surface area contributed by atoms with Gasteiger partial charge in [-0.15, -0.1) is 0 Å². The molecule has 0 bridgehead atoms. The van der Waals surface area contributed by atoms with Crippen molar-refractivity contribution in [2.24, 2.45) is 0 Å². The van der Waals surface area contributed by atoms with E-state index in [-0.39, 0.29) is 18.3 Å². The second-order valence-corrected chi connectivity index (χ2v) is 6.49. The van der Waals surface area contributed by atoms with Crippen molar-refractivity contribution in [3.63, 3.8) is 0 Å². The number of carbonyl (C=O) groups excluding carboxylic acids is 1. The van der Waals surface area contributed by atoms with E-state index in [1.807, 2.05) is 50.2 Å². The Morgan fingerprint density at radius 1 is 1.07 bits per heavy atom. The molecule has 2 aromatic rings. The fourth-order valence-corrected chi connectivity index (χ4v) is 2.53. The van der Waals surface area contributed by atoms with Gasteiger partial charge in [0.2, 0.25) is 5.91 Å². The quantitative estimate of drug-likeness (QED) is 0.629. The zero-order chi connectivity index (χ0) is 19.6. The van der Waals surface area contributed by atoms with E-state index in [0.717, 1.165) is 11.3 Å². The lowest BCUT2D eigenvalue weighted by Gasteiger charge is -2.23. The van der Waals surface area contributed by atoms with Gasteiger partial charge in [-0.25, -0.2) is 4.39 Å². The second kappa shape index (κ2) is 10.5. The first-order valence-electron chi connectivity index (χ1n) is 9.07. The third-order valence-electron chi connectivity index (χ3n) is 4.06. The molecule has 0 aliphatic heterocycles. The molecular weight excluding hydrogens is 343 g/mol. The van der Waals surface area contributed by atoms with Gasteiger partial charge in [-0.05, 0) is 50.9 Å². The molecule has 0 aliphatic rings. The van der Waals surface area contributed by atoms with Crippen LogP contribution in [0.15, 0.2) is 54.6 Å². The molecule has 1 amide bonds. The van der Waals surface area contributed by atoms with Gasteiger partial charge in [0.05, 0.1) is 6.61 Å². The lowest BCUT2D eigenvalue weighted by atomic mass is 10.1. The Kier molecular flexibility index (Phi) is 8.01. The van der Waals surface area contributed by atoms with Crippen LogP contribution in [0.5, 0.6) is 5.75 Å². The molecule has 0 saturated heterocycles. The molecule has 144 valence electrons. The Labute approximate surface area is 160 Å². The molecule has 0 aromatic heterocycles. The number of likely N-dealkylation sites (N-methyl/N-ethyl adjacent to an activating group) is 1. The van der Waals surface area contributed by atoms with Crippen molar-refractivity contribution in [3.8, 4) is 5.75 Å². The maximum absolute atomic E-state index is 14.0. The minimum atomic E-state index is -0.296. The molecule has 0 fully saturated rings. The molecular formula is C22H27FN2O2. The molecule has 4 nitrogen and oxygen atoms in total. The van der Waals surface area contributed by atoms with Crippen LogP contribution in [0.1, 0.15) is 18.1 Å². The fourth-order valence-electron chi connectivity index (χ4n) is 2.53. The van der Waals surface area contributed by atoms with Crippen LogP contribution in [0.3, 0.4) is 0 Å². The molecule has 2 aromatic carbocycles. The zero-order valence-corrected chi connectivity index (χ0v) is 16.2. The Balaban J connectivity index is 2.08. The van der Waals surface area contributed by atoms with E-state index in [1.54, 1.807) is 29.2 Å². The molecule has 2 rings (SSSR count). The average molecular weight is 370 g/mol. The summed E-state index contributed by atoms with van der Waals surface area (Å²) in [6, 6.07) is 14.1. The summed E-state index contributed by atoms with van der Waals surface area (Å²) in [6.45, 7) is 4.02. The summed E-state index contributed by atoms with van der Waals surface area (Å²) in [5.74, 6) is 0.359. The number of hydrogen-bond acceptors (Lipinski definition) is 3. The SMILES string of the molecule is CCOc1ccc(/C=C/C(=O)N(CCN(C)C)Cc2ccccc2F)cc1. The molecule has 0 heterocycles. The van der Waals surface area contributed by atoms with Gasteiger partial charge in [0.15, 0.2) is 0 Å². The van der Waals surface area contributed by atoms with E-state index in [2.05, 4.69) is 0 Å². The number of halogens is 1. The largest absolute Gasteiger partial charge is 0.494 e. The Morgan fingerprint density at radius 2 is 1.78 bits per heavy atom. The number of amides is 1. The number of carbonyl (C=O) groups is 1. The van der Waals surface area contributed by atoms with E-state index in [4.69, 9.17) is 4.74 Å². The number of nitrogens with zero attached hydrogens (tertiary/aromatic N) is 2. The van der Waals surface area contributed by atoms with Crippen molar-refractivity contribution < 1.29 is 13.9 Å². The lowest BCUT2D eigenvalue weighted by Crippen LogP contribution is -2.35. The van der Waals surface area contributed by atoms with Crippen molar-refractivity contribution in [3.05, 3.63) is 71.6 Å². The van der Waals surface area contributed by atoms with Crippen LogP contribution in [0, 0.1) is 5.82 Å². The van der Waals surface area contributed by atoms with E-state index in [0.29, 0.717) is 25.3 Å². The molecule has 0 radical (unpaired) electrons. The Bertz CT molecular complexity index is 757. The van der Waals surface area contributed by atoms with Gasteiger partial charge in [-0.3, -0.25) is 4.79 Å². The van der Waals surface area contributed by atoms with Crippen LogP contribution in [0.2, 0.25) is 0 Å². The van der Waals surface area contributed by atoms with Gasteiger partial charge < -0.3 is 14.5 Å². The summed E-state index contributed by atoms with van der Waals surface area (Å²) in [6.07, 6.45) is 3.30. The van der Waals surface area contributed by atoms with Crippen LogP contribution in [0.25, 0.3) is 6.08 Å². The number of ether oxygens (including phenoxy) is 1. The fraction of sp³-hybridized carbons (Fsp3) is 0.318. The predicted molar refractivity (Wildman–Crippen MR) is 107 cm³/mol. The average Bonchev–Trinajstić information content (AvgIpc) is 2.66. The summed E-state index contributed by atoms with van der Waals surface area (Å²) >= 11 is 0. The molecule has 0 unspecified atom stereocenters. The summed E-state index contributed by atoms with van der Waals surface area (Å²) < 4.78 is 19.4. The third kappa shape index (κ3) is 6.87. The minimum absolute atomic E-state index is 0.144. The zero-order valence-electron chi connectivity index (χ0n) is 16.2. The number of hydrogen-bond donors (Lipinski definition) is 0. The first kappa shape index (κ1) is 20.6. The van der Waals surface area contributed by atoms with Crippen LogP contribution >= 0.6 is 0 Å². The monoisotopic (exact) mass is 370 g/mol. The van der Waals surface area contributed by atoms with Gasteiger partial charge >= 0.3 is 0 Å². The second-order valence-electron chi connectivity index (χ2n) is 6.49. The molecule has 27 heavy (non-hydrogen) atoms. The molecule has 0 N–H and O–H groups in total. The van der Waals surface area contributed by atoms with Gasteiger partial charge in [0.1, 0.15) is 11.6 Å². The predicted octanol–water partition coefficient (Wildman–Crippen LogP) is 3.83.